The van der Waals surface area contributed by atoms with Crippen LogP contribution in [0.25, 0.3) is 0 Å². The molecule has 0 saturated carbocycles. The number of hydrogen-bond acceptors (Lipinski definition) is 6. The lowest BCUT2D eigenvalue weighted by Crippen LogP contribution is -2.41. The second kappa shape index (κ2) is 12.2. The largest absolute Gasteiger partial charge is 0.454 e. The quantitative estimate of drug-likeness (QED) is 0.507. The number of carbonyl (C=O) groups is 2. The first-order valence-electron chi connectivity index (χ1n) is 12.8. The van der Waals surface area contributed by atoms with E-state index < -0.39 is 0 Å². The number of furan rings is 1. The van der Waals surface area contributed by atoms with Gasteiger partial charge in [0.1, 0.15) is 12.4 Å². The van der Waals surface area contributed by atoms with Crippen LogP contribution < -0.4 is 4.90 Å². The molecule has 9 nitrogen and oxygen atoms in total. The summed E-state index contributed by atoms with van der Waals surface area (Å²) < 4.78 is 12.9. The van der Waals surface area contributed by atoms with Gasteiger partial charge < -0.3 is 19.0 Å². The van der Waals surface area contributed by atoms with Crippen molar-refractivity contribution >= 4 is 17.5 Å². The molecule has 0 unspecified atom stereocenters. The van der Waals surface area contributed by atoms with Crippen LogP contribution in [0.3, 0.4) is 0 Å². The Morgan fingerprint density at radius 2 is 1.89 bits per heavy atom. The van der Waals surface area contributed by atoms with E-state index in [1.54, 1.807) is 21.8 Å². The van der Waals surface area contributed by atoms with E-state index in [2.05, 4.69) is 23.8 Å². The second-order valence-corrected chi connectivity index (χ2v) is 9.80. The van der Waals surface area contributed by atoms with Crippen LogP contribution in [0.5, 0.6) is 0 Å². The van der Waals surface area contributed by atoms with Crippen molar-refractivity contribution in [2.24, 2.45) is 0 Å². The van der Waals surface area contributed by atoms with Crippen LogP contribution in [0, 0.1) is 6.92 Å². The SMILES string of the molecule is COCC(=O)N1CCCN(C(C)C)CCN(C(=O)c2ccc(Cn3cc(C)cn3)o2)Cc2ccccc21. The Hall–Kier alpha value is -3.43. The molecule has 1 aliphatic heterocycles. The lowest BCUT2D eigenvalue weighted by Gasteiger charge is -2.29. The lowest BCUT2D eigenvalue weighted by atomic mass is 10.1. The number of anilines is 1. The number of ether oxygens (including phenoxy) is 1. The fourth-order valence-corrected chi connectivity index (χ4v) is 4.70. The Labute approximate surface area is 218 Å². The monoisotopic (exact) mass is 507 g/mol. The van der Waals surface area contributed by atoms with Crippen molar-refractivity contribution in [3.8, 4) is 0 Å². The van der Waals surface area contributed by atoms with E-state index in [0.29, 0.717) is 43.7 Å². The van der Waals surface area contributed by atoms with Crippen LogP contribution in [0.2, 0.25) is 0 Å². The van der Waals surface area contributed by atoms with Gasteiger partial charge in [0.25, 0.3) is 11.8 Å². The Morgan fingerprint density at radius 1 is 1.08 bits per heavy atom. The summed E-state index contributed by atoms with van der Waals surface area (Å²) in [6, 6.07) is 11.7. The Bertz CT molecular complexity index is 1200. The van der Waals surface area contributed by atoms with Crippen LogP contribution in [0.15, 0.2) is 53.2 Å². The molecule has 0 saturated heterocycles. The number of methoxy groups -OCH3 is 1. The predicted octanol–water partition coefficient (Wildman–Crippen LogP) is 3.57. The average Bonchev–Trinajstić information content (AvgIpc) is 3.50. The van der Waals surface area contributed by atoms with E-state index in [0.717, 1.165) is 36.3 Å². The third-order valence-electron chi connectivity index (χ3n) is 6.67. The minimum Gasteiger partial charge on any atom is -0.454 e. The summed E-state index contributed by atoms with van der Waals surface area (Å²) in [4.78, 5) is 32.7. The summed E-state index contributed by atoms with van der Waals surface area (Å²) in [5.74, 6) is 0.711. The molecule has 3 heterocycles. The number of amides is 2. The van der Waals surface area contributed by atoms with Gasteiger partial charge in [-0.3, -0.25) is 19.2 Å². The highest BCUT2D eigenvalue weighted by Crippen LogP contribution is 2.25. The highest BCUT2D eigenvalue weighted by Gasteiger charge is 2.26. The molecule has 9 heteroatoms. The molecular weight excluding hydrogens is 470 g/mol. The molecule has 0 radical (unpaired) electrons. The molecule has 0 aliphatic carbocycles. The summed E-state index contributed by atoms with van der Waals surface area (Å²) in [5.41, 5.74) is 2.80. The summed E-state index contributed by atoms with van der Waals surface area (Å²) >= 11 is 0. The van der Waals surface area contributed by atoms with Crippen molar-refractivity contribution < 1.29 is 18.7 Å². The number of aryl methyl sites for hydroxylation is 1. The molecule has 0 spiro atoms. The van der Waals surface area contributed by atoms with E-state index in [4.69, 9.17) is 9.15 Å². The minimum atomic E-state index is -0.171. The van der Waals surface area contributed by atoms with Gasteiger partial charge in [-0.1, -0.05) is 18.2 Å². The maximum atomic E-state index is 13.7. The van der Waals surface area contributed by atoms with E-state index in [1.165, 1.54) is 7.11 Å². The topological polar surface area (TPSA) is 84.0 Å². The van der Waals surface area contributed by atoms with Gasteiger partial charge in [0.2, 0.25) is 0 Å². The molecular formula is C28H37N5O4. The first kappa shape index (κ1) is 26.6. The van der Waals surface area contributed by atoms with E-state index in [1.807, 2.05) is 48.4 Å². The van der Waals surface area contributed by atoms with Gasteiger partial charge in [-0.15, -0.1) is 0 Å². The zero-order chi connectivity index (χ0) is 26.4. The highest BCUT2D eigenvalue weighted by atomic mass is 16.5. The van der Waals surface area contributed by atoms with Crippen LogP contribution in [-0.2, 0) is 22.6 Å². The Morgan fingerprint density at radius 3 is 2.62 bits per heavy atom. The number of aromatic nitrogens is 2. The summed E-state index contributed by atoms with van der Waals surface area (Å²) in [5, 5.41) is 4.30. The van der Waals surface area contributed by atoms with Crippen LogP contribution in [0.4, 0.5) is 5.69 Å². The van der Waals surface area contributed by atoms with Gasteiger partial charge in [-0.2, -0.15) is 5.10 Å². The number of benzene rings is 1. The fraction of sp³-hybridized carbons (Fsp3) is 0.464. The van der Waals surface area contributed by atoms with Gasteiger partial charge in [-0.05, 0) is 56.5 Å². The molecule has 1 aliphatic rings. The summed E-state index contributed by atoms with van der Waals surface area (Å²) in [6.45, 7) is 9.83. The van der Waals surface area contributed by atoms with Crippen molar-refractivity contribution in [1.29, 1.82) is 0 Å². The first-order chi connectivity index (χ1) is 17.9. The lowest BCUT2D eigenvalue weighted by molar-refractivity contribution is -0.122. The normalized spacial score (nSPS) is 15.5. The summed E-state index contributed by atoms with van der Waals surface area (Å²) in [6.07, 6.45) is 4.55. The molecule has 0 bridgehead atoms. The number of para-hydroxylation sites is 1. The smallest absolute Gasteiger partial charge is 0.289 e. The van der Waals surface area contributed by atoms with Gasteiger partial charge in [-0.25, -0.2) is 0 Å². The molecule has 3 aromatic rings. The third-order valence-corrected chi connectivity index (χ3v) is 6.67. The zero-order valence-corrected chi connectivity index (χ0v) is 22.2. The fourth-order valence-electron chi connectivity index (χ4n) is 4.70. The Kier molecular flexibility index (Phi) is 8.78. The molecule has 0 N–H and O–H groups in total. The van der Waals surface area contributed by atoms with Crippen LogP contribution in [-0.4, -0.2) is 77.3 Å². The Balaban J connectivity index is 1.62. The number of hydrogen-bond donors (Lipinski definition) is 0. The second-order valence-electron chi connectivity index (χ2n) is 9.80. The molecule has 2 amide bonds. The highest BCUT2D eigenvalue weighted by molar-refractivity contribution is 5.95. The van der Waals surface area contributed by atoms with Gasteiger partial charge in [0.15, 0.2) is 5.76 Å². The molecule has 198 valence electrons. The third kappa shape index (κ3) is 6.67. The van der Waals surface area contributed by atoms with Gasteiger partial charge in [0.05, 0.1) is 12.7 Å². The first-order valence-corrected chi connectivity index (χ1v) is 12.8. The van der Waals surface area contributed by atoms with Crippen LogP contribution in [0.1, 0.15) is 47.7 Å². The minimum absolute atomic E-state index is 0.00974. The van der Waals surface area contributed by atoms with Crippen molar-refractivity contribution in [2.45, 2.75) is 46.3 Å². The number of fused-ring (bicyclic) bond motifs is 1. The maximum absolute atomic E-state index is 13.7. The zero-order valence-electron chi connectivity index (χ0n) is 22.2. The molecule has 37 heavy (non-hydrogen) atoms. The van der Waals surface area contributed by atoms with Crippen molar-refractivity contribution in [1.82, 2.24) is 19.6 Å². The molecule has 0 atom stereocenters. The standard InChI is InChI=1S/C28H37N5O4/c1-21(2)30-12-7-13-33(27(34)20-36-4)25-9-6-5-8-23(25)18-31(15-14-30)28(35)26-11-10-24(37-26)19-32-17-22(3)16-29-32/h5-6,8-11,16-17,21H,7,12-15,18-20H2,1-4H3. The molecule has 1 aromatic carbocycles. The predicted molar refractivity (Wildman–Crippen MR) is 142 cm³/mol. The van der Waals surface area contributed by atoms with Crippen molar-refractivity contribution in [2.75, 3.05) is 44.8 Å². The van der Waals surface area contributed by atoms with Crippen molar-refractivity contribution in [3.05, 3.63) is 71.4 Å². The number of rotatable bonds is 6. The van der Waals surface area contributed by atoms with E-state index in [9.17, 15) is 9.59 Å². The maximum Gasteiger partial charge on any atom is 0.289 e. The van der Waals surface area contributed by atoms with Crippen molar-refractivity contribution in [3.63, 3.8) is 0 Å². The van der Waals surface area contributed by atoms with Gasteiger partial charge >= 0.3 is 0 Å². The van der Waals surface area contributed by atoms with E-state index in [-0.39, 0.29) is 18.4 Å². The molecule has 2 aromatic heterocycles. The number of nitrogens with zero attached hydrogens (tertiary/aromatic N) is 5. The summed E-state index contributed by atoms with van der Waals surface area (Å²) in [7, 11) is 1.53. The number of carbonyl (C=O) groups excluding carboxylic acids is 2. The molecule has 0 fully saturated rings. The van der Waals surface area contributed by atoms with Gasteiger partial charge in [0, 0.05) is 57.8 Å². The molecule has 4 rings (SSSR count). The average molecular weight is 508 g/mol. The van der Waals surface area contributed by atoms with E-state index >= 15 is 0 Å². The van der Waals surface area contributed by atoms with Crippen LogP contribution >= 0.6 is 0 Å².